The number of amides is 2. The standard InChI is InChI=1S/C27H28BrFN2O3/c1-2-16-30-27(33)25(17-20-8-4-3-5-9-20)31(18-21-10-6-7-11-24(21)29)26(32)19-34-23-14-12-22(28)13-15-23/h3-15,25H,2,16-19H2,1H3,(H,30,33). The van der Waals surface area contributed by atoms with Crippen molar-refractivity contribution in [3.63, 3.8) is 0 Å². The quantitative estimate of drug-likeness (QED) is 0.376. The number of hydrogen-bond donors (Lipinski definition) is 1. The third kappa shape index (κ3) is 7.42. The first kappa shape index (κ1) is 25.4. The first-order chi connectivity index (χ1) is 16.5. The zero-order chi connectivity index (χ0) is 24.3. The lowest BCUT2D eigenvalue weighted by Crippen LogP contribution is -2.51. The molecule has 0 spiro atoms. The van der Waals surface area contributed by atoms with Crippen molar-refractivity contribution in [1.29, 1.82) is 0 Å². The lowest BCUT2D eigenvalue weighted by atomic mass is 10.0. The van der Waals surface area contributed by atoms with Crippen LogP contribution in [-0.2, 0) is 22.6 Å². The van der Waals surface area contributed by atoms with Gasteiger partial charge in [-0.1, -0.05) is 71.4 Å². The molecule has 0 aliphatic carbocycles. The maximum Gasteiger partial charge on any atom is 0.261 e. The fraction of sp³-hybridized carbons (Fsp3) is 0.259. The van der Waals surface area contributed by atoms with Crippen molar-refractivity contribution in [3.8, 4) is 5.75 Å². The van der Waals surface area contributed by atoms with Crippen LogP contribution < -0.4 is 10.1 Å². The molecule has 178 valence electrons. The second-order valence-electron chi connectivity index (χ2n) is 7.85. The summed E-state index contributed by atoms with van der Waals surface area (Å²) in [5.74, 6) is -0.586. The number of ether oxygens (including phenoxy) is 1. The molecule has 34 heavy (non-hydrogen) atoms. The fourth-order valence-electron chi connectivity index (χ4n) is 3.49. The van der Waals surface area contributed by atoms with Crippen molar-refractivity contribution >= 4 is 27.7 Å². The van der Waals surface area contributed by atoms with E-state index in [4.69, 9.17) is 4.74 Å². The molecule has 0 aliphatic rings. The number of carbonyl (C=O) groups excluding carboxylic acids is 2. The van der Waals surface area contributed by atoms with Gasteiger partial charge in [-0.15, -0.1) is 0 Å². The van der Waals surface area contributed by atoms with Crippen LogP contribution in [0.1, 0.15) is 24.5 Å². The lowest BCUT2D eigenvalue weighted by molar-refractivity contribution is -0.142. The van der Waals surface area contributed by atoms with E-state index in [9.17, 15) is 14.0 Å². The Kier molecular flexibility index (Phi) is 9.64. The van der Waals surface area contributed by atoms with Gasteiger partial charge in [0.2, 0.25) is 5.91 Å². The molecular formula is C27H28BrFN2O3. The molecule has 0 fully saturated rings. The number of carbonyl (C=O) groups is 2. The van der Waals surface area contributed by atoms with Gasteiger partial charge in [0.25, 0.3) is 5.91 Å². The SMILES string of the molecule is CCCNC(=O)C(Cc1ccccc1)N(Cc1ccccc1F)C(=O)COc1ccc(Br)cc1. The predicted molar refractivity (Wildman–Crippen MR) is 134 cm³/mol. The molecule has 0 saturated carbocycles. The Bertz CT molecular complexity index is 1080. The van der Waals surface area contributed by atoms with Crippen LogP contribution in [0.5, 0.6) is 5.75 Å². The highest BCUT2D eigenvalue weighted by atomic mass is 79.9. The van der Waals surface area contributed by atoms with Gasteiger partial charge in [0.1, 0.15) is 17.6 Å². The number of nitrogens with one attached hydrogen (secondary N) is 1. The lowest BCUT2D eigenvalue weighted by Gasteiger charge is -2.31. The van der Waals surface area contributed by atoms with E-state index in [1.807, 2.05) is 49.4 Å². The summed E-state index contributed by atoms with van der Waals surface area (Å²) in [6, 6.07) is 22.0. The maximum atomic E-state index is 14.5. The van der Waals surface area contributed by atoms with Gasteiger partial charge in [0.05, 0.1) is 0 Å². The van der Waals surface area contributed by atoms with Gasteiger partial charge in [-0.2, -0.15) is 0 Å². The minimum absolute atomic E-state index is 0.0494. The first-order valence-electron chi connectivity index (χ1n) is 11.2. The van der Waals surface area contributed by atoms with Crippen molar-refractivity contribution in [2.24, 2.45) is 0 Å². The van der Waals surface area contributed by atoms with Crippen molar-refractivity contribution in [1.82, 2.24) is 10.2 Å². The highest BCUT2D eigenvalue weighted by molar-refractivity contribution is 9.10. The zero-order valence-corrected chi connectivity index (χ0v) is 20.6. The Hall–Kier alpha value is -3.19. The summed E-state index contributed by atoms with van der Waals surface area (Å²) < 4.78 is 21.1. The van der Waals surface area contributed by atoms with Crippen LogP contribution in [0.3, 0.4) is 0 Å². The average molecular weight is 527 g/mol. The third-order valence-electron chi connectivity index (χ3n) is 5.29. The highest BCUT2D eigenvalue weighted by Crippen LogP contribution is 2.19. The Labute approximate surface area is 208 Å². The molecule has 0 aliphatic heterocycles. The molecule has 0 heterocycles. The molecule has 0 radical (unpaired) electrons. The van der Waals surface area contributed by atoms with Crippen molar-refractivity contribution in [3.05, 3.63) is 100 Å². The Morgan fingerprint density at radius 1 is 1.00 bits per heavy atom. The van der Waals surface area contributed by atoms with Crippen LogP contribution in [0.2, 0.25) is 0 Å². The summed E-state index contributed by atoms with van der Waals surface area (Å²) in [6.07, 6.45) is 1.06. The van der Waals surface area contributed by atoms with E-state index in [-0.39, 0.29) is 19.1 Å². The van der Waals surface area contributed by atoms with E-state index in [0.29, 0.717) is 24.3 Å². The Morgan fingerprint density at radius 3 is 2.35 bits per heavy atom. The van der Waals surface area contributed by atoms with Gasteiger partial charge in [0.15, 0.2) is 6.61 Å². The highest BCUT2D eigenvalue weighted by Gasteiger charge is 2.31. The smallest absolute Gasteiger partial charge is 0.261 e. The van der Waals surface area contributed by atoms with Crippen LogP contribution in [0.15, 0.2) is 83.3 Å². The first-order valence-corrected chi connectivity index (χ1v) is 12.0. The molecular weight excluding hydrogens is 499 g/mol. The molecule has 5 nitrogen and oxygen atoms in total. The van der Waals surface area contributed by atoms with Gasteiger partial charge in [-0.05, 0) is 42.3 Å². The Balaban J connectivity index is 1.89. The van der Waals surface area contributed by atoms with Crippen LogP contribution in [0.4, 0.5) is 4.39 Å². The predicted octanol–water partition coefficient (Wildman–Crippen LogP) is 5.13. The normalized spacial score (nSPS) is 11.5. The molecule has 2 amide bonds. The second-order valence-corrected chi connectivity index (χ2v) is 8.77. The van der Waals surface area contributed by atoms with Crippen LogP contribution >= 0.6 is 15.9 Å². The third-order valence-corrected chi connectivity index (χ3v) is 5.82. The molecule has 3 aromatic rings. The number of halogens is 2. The molecule has 3 rings (SSSR count). The number of benzene rings is 3. The molecule has 0 bridgehead atoms. The van der Waals surface area contributed by atoms with Crippen molar-refractivity contribution < 1.29 is 18.7 Å². The summed E-state index contributed by atoms with van der Waals surface area (Å²) in [5.41, 5.74) is 1.24. The van der Waals surface area contributed by atoms with E-state index >= 15 is 0 Å². The molecule has 1 N–H and O–H groups in total. The molecule has 7 heteroatoms. The van der Waals surface area contributed by atoms with Gasteiger partial charge in [-0.25, -0.2) is 4.39 Å². The molecule has 1 unspecified atom stereocenters. The summed E-state index contributed by atoms with van der Waals surface area (Å²) >= 11 is 3.37. The topological polar surface area (TPSA) is 58.6 Å². The molecule has 1 atom stereocenters. The molecule has 0 saturated heterocycles. The maximum absolute atomic E-state index is 14.5. The van der Waals surface area contributed by atoms with E-state index in [0.717, 1.165) is 16.5 Å². The summed E-state index contributed by atoms with van der Waals surface area (Å²) in [4.78, 5) is 28.0. The number of nitrogens with zero attached hydrogens (tertiary/aromatic N) is 1. The van der Waals surface area contributed by atoms with Crippen LogP contribution in [0.25, 0.3) is 0 Å². The van der Waals surface area contributed by atoms with Crippen LogP contribution in [0, 0.1) is 5.82 Å². The van der Waals surface area contributed by atoms with Crippen molar-refractivity contribution in [2.45, 2.75) is 32.4 Å². The summed E-state index contributed by atoms with van der Waals surface area (Å²) in [6.45, 7) is 2.12. The summed E-state index contributed by atoms with van der Waals surface area (Å²) in [5, 5.41) is 2.90. The minimum Gasteiger partial charge on any atom is -0.484 e. The molecule has 0 aromatic heterocycles. The largest absolute Gasteiger partial charge is 0.484 e. The molecule has 3 aromatic carbocycles. The van der Waals surface area contributed by atoms with Gasteiger partial charge >= 0.3 is 0 Å². The van der Waals surface area contributed by atoms with Gasteiger partial charge in [-0.3, -0.25) is 9.59 Å². The average Bonchev–Trinajstić information content (AvgIpc) is 2.85. The van der Waals surface area contributed by atoms with E-state index in [2.05, 4.69) is 21.2 Å². The summed E-state index contributed by atoms with van der Waals surface area (Å²) in [7, 11) is 0. The monoisotopic (exact) mass is 526 g/mol. The van der Waals surface area contributed by atoms with E-state index < -0.39 is 17.8 Å². The second kappa shape index (κ2) is 12.9. The minimum atomic E-state index is -0.824. The number of rotatable bonds is 11. The van der Waals surface area contributed by atoms with E-state index in [1.165, 1.54) is 11.0 Å². The van der Waals surface area contributed by atoms with Crippen LogP contribution in [-0.4, -0.2) is 35.9 Å². The van der Waals surface area contributed by atoms with Gasteiger partial charge in [0, 0.05) is 29.5 Å². The fourth-order valence-corrected chi connectivity index (χ4v) is 3.75. The Morgan fingerprint density at radius 2 is 1.68 bits per heavy atom. The zero-order valence-electron chi connectivity index (χ0n) is 19.0. The van der Waals surface area contributed by atoms with Gasteiger partial charge < -0.3 is 15.0 Å². The van der Waals surface area contributed by atoms with E-state index in [1.54, 1.807) is 30.3 Å². The number of hydrogen-bond acceptors (Lipinski definition) is 3. The van der Waals surface area contributed by atoms with Crippen molar-refractivity contribution in [2.75, 3.05) is 13.2 Å².